The maximum atomic E-state index is 13.8. The lowest BCUT2D eigenvalue weighted by atomic mass is 9.94. The van der Waals surface area contributed by atoms with Gasteiger partial charge in [-0.25, -0.2) is 4.98 Å². The maximum absolute atomic E-state index is 13.8. The van der Waals surface area contributed by atoms with E-state index in [2.05, 4.69) is 20.9 Å². The summed E-state index contributed by atoms with van der Waals surface area (Å²) in [6.07, 6.45) is 3.49. The van der Waals surface area contributed by atoms with Crippen molar-refractivity contribution in [2.75, 3.05) is 13.6 Å². The van der Waals surface area contributed by atoms with Crippen LogP contribution >= 0.6 is 11.3 Å². The molecular formula is C37H55N5O7S. The van der Waals surface area contributed by atoms with Crippen LogP contribution in [0.3, 0.4) is 0 Å². The van der Waals surface area contributed by atoms with Gasteiger partial charge in [0.1, 0.15) is 16.7 Å². The number of nitrogens with zero attached hydrogens (tertiary/aromatic N) is 2. The monoisotopic (exact) mass is 713 g/mol. The Kier molecular flexibility index (Phi) is 15.8. The number of piperidine rings is 1. The lowest BCUT2D eigenvalue weighted by Gasteiger charge is -2.34. The van der Waals surface area contributed by atoms with Crippen LogP contribution in [-0.2, 0) is 30.3 Å². The molecule has 3 amide bonds. The van der Waals surface area contributed by atoms with E-state index in [0.717, 1.165) is 31.4 Å². The van der Waals surface area contributed by atoms with E-state index < -0.39 is 48.0 Å². The molecule has 276 valence electrons. The third-order valence-electron chi connectivity index (χ3n) is 9.52. The van der Waals surface area contributed by atoms with E-state index >= 15 is 0 Å². The average Bonchev–Trinajstić information content (AvgIpc) is 3.57. The molecule has 0 aliphatic carbocycles. The van der Waals surface area contributed by atoms with Crippen molar-refractivity contribution >= 4 is 41.0 Å². The highest BCUT2D eigenvalue weighted by atomic mass is 32.1. The number of aliphatic carboxylic acids is 1. The number of hydrogen-bond acceptors (Lipinski definition) is 9. The number of carboxylic acid groups (broad SMARTS) is 1. The topological polar surface area (TPSA) is 167 Å². The highest BCUT2D eigenvalue weighted by Crippen LogP contribution is 2.29. The van der Waals surface area contributed by atoms with Crippen LogP contribution in [-0.4, -0.2) is 82.4 Å². The fraction of sp³-hybridized carbons (Fsp3) is 0.622. The van der Waals surface area contributed by atoms with Crippen LogP contribution in [0, 0.1) is 17.8 Å². The zero-order valence-electron chi connectivity index (χ0n) is 30.4. The predicted octanol–water partition coefficient (Wildman–Crippen LogP) is 4.75. The Hall–Kier alpha value is -3.84. The second kappa shape index (κ2) is 19.5. The van der Waals surface area contributed by atoms with Gasteiger partial charge in [-0.1, -0.05) is 77.8 Å². The number of esters is 1. The molecular weight excluding hydrogens is 659 g/mol. The molecule has 0 bridgehead atoms. The Bertz CT molecular complexity index is 1430. The normalized spacial score (nSPS) is 18.6. The van der Waals surface area contributed by atoms with E-state index in [9.17, 15) is 29.1 Å². The summed E-state index contributed by atoms with van der Waals surface area (Å²) in [5, 5.41) is 20.6. The van der Waals surface area contributed by atoms with E-state index in [1.807, 2.05) is 70.0 Å². The molecule has 7 atom stereocenters. The quantitative estimate of drug-likeness (QED) is 0.160. The predicted molar refractivity (Wildman–Crippen MR) is 192 cm³/mol. The first kappa shape index (κ1) is 40.6. The van der Waals surface area contributed by atoms with Gasteiger partial charge >= 0.3 is 11.9 Å². The van der Waals surface area contributed by atoms with Gasteiger partial charge in [-0.15, -0.1) is 11.3 Å². The number of ether oxygens (including phenoxy) is 1. The van der Waals surface area contributed by atoms with Crippen molar-refractivity contribution in [3.63, 3.8) is 0 Å². The van der Waals surface area contributed by atoms with Gasteiger partial charge in [0.15, 0.2) is 6.10 Å². The van der Waals surface area contributed by atoms with Crippen LogP contribution in [0.1, 0.15) is 107 Å². The van der Waals surface area contributed by atoms with E-state index in [1.165, 1.54) is 18.3 Å². The van der Waals surface area contributed by atoms with Gasteiger partial charge < -0.3 is 25.8 Å². The first-order valence-corrected chi connectivity index (χ1v) is 18.6. The van der Waals surface area contributed by atoms with E-state index in [-0.39, 0.29) is 48.2 Å². The summed E-state index contributed by atoms with van der Waals surface area (Å²) < 4.78 is 5.70. The highest BCUT2D eigenvalue weighted by molar-refractivity contribution is 7.09. The molecule has 12 nitrogen and oxygen atoms in total. The van der Waals surface area contributed by atoms with Crippen molar-refractivity contribution in [1.82, 2.24) is 25.8 Å². The first-order chi connectivity index (χ1) is 23.7. The maximum Gasteiger partial charge on any atom is 0.306 e. The van der Waals surface area contributed by atoms with Crippen molar-refractivity contribution in [2.45, 2.75) is 117 Å². The number of likely N-dealkylation sites (tertiary alicyclic amines) is 1. The van der Waals surface area contributed by atoms with Crippen molar-refractivity contribution in [3.05, 3.63) is 52.0 Å². The Morgan fingerprint density at radius 2 is 1.72 bits per heavy atom. The van der Waals surface area contributed by atoms with Crippen molar-refractivity contribution in [2.24, 2.45) is 17.8 Å². The molecule has 0 radical (unpaired) electrons. The molecule has 0 saturated carbocycles. The number of carbonyl (C=O) groups is 5. The van der Waals surface area contributed by atoms with E-state index in [0.29, 0.717) is 17.8 Å². The molecule has 1 fully saturated rings. The summed E-state index contributed by atoms with van der Waals surface area (Å²) in [7, 11) is 1.93. The number of carboxylic acids is 1. The molecule has 13 heteroatoms. The number of likely N-dealkylation sites (N-methyl/N-ethyl adjacent to an activating group) is 1. The smallest absolute Gasteiger partial charge is 0.306 e. The number of nitrogens with one attached hydrogen (secondary N) is 3. The molecule has 2 heterocycles. The van der Waals surface area contributed by atoms with Gasteiger partial charge in [0.25, 0.3) is 5.91 Å². The van der Waals surface area contributed by atoms with Crippen molar-refractivity contribution in [3.8, 4) is 0 Å². The number of benzene rings is 1. The number of hydrogen-bond donors (Lipinski definition) is 4. The molecule has 2 aromatic rings. The highest BCUT2D eigenvalue weighted by Gasteiger charge is 2.34. The summed E-state index contributed by atoms with van der Waals surface area (Å²) in [6, 6.07) is 7.61. The second-order valence-electron chi connectivity index (χ2n) is 14.0. The second-order valence-corrected chi connectivity index (χ2v) is 14.9. The molecule has 0 spiro atoms. The molecule has 3 rings (SSSR count). The molecule has 1 aromatic carbocycles. The van der Waals surface area contributed by atoms with Crippen LogP contribution in [0.4, 0.5) is 0 Å². The van der Waals surface area contributed by atoms with Gasteiger partial charge in [-0.05, 0) is 56.7 Å². The zero-order chi connectivity index (χ0) is 37.0. The van der Waals surface area contributed by atoms with E-state index in [1.54, 1.807) is 12.3 Å². The van der Waals surface area contributed by atoms with Gasteiger partial charge in [-0.3, -0.25) is 28.9 Å². The zero-order valence-corrected chi connectivity index (χ0v) is 31.3. The molecule has 4 N–H and O–H groups in total. The third kappa shape index (κ3) is 12.2. The Labute approximate surface area is 300 Å². The van der Waals surface area contributed by atoms with Crippen molar-refractivity contribution < 1.29 is 33.8 Å². The number of amides is 3. The van der Waals surface area contributed by atoms with Crippen molar-refractivity contribution in [1.29, 1.82) is 0 Å². The number of aromatic nitrogens is 1. The summed E-state index contributed by atoms with van der Waals surface area (Å²) in [6.45, 7) is 11.6. The summed E-state index contributed by atoms with van der Waals surface area (Å²) in [4.78, 5) is 70.9. The molecule has 1 aromatic heterocycles. The molecule has 1 aliphatic heterocycles. The van der Waals surface area contributed by atoms with Gasteiger partial charge in [0.05, 0.1) is 12.0 Å². The van der Waals surface area contributed by atoms with Gasteiger partial charge in [-0.2, -0.15) is 0 Å². The van der Waals surface area contributed by atoms with Gasteiger partial charge in [0.2, 0.25) is 11.8 Å². The third-order valence-corrected chi connectivity index (χ3v) is 10.5. The summed E-state index contributed by atoms with van der Waals surface area (Å²) in [5.41, 5.74) is 1.09. The lowest BCUT2D eigenvalue weighted by molar-refractivity contribution is -0.147. The molecule has 1 aliphatic rings. The minimum absolute atomic E-state index is 0.0625. The first-order valence-electron chi connectivity index (χ1n) is 17.7. The number of carbonyl (C=O) groups excluding carboxylic acids is 4. The minimum atomic E-state index is -0.945. The SMILES string of the molecule is CC[C@H](C)[C@H](NC(=O)[C@H]1CCCCN1C)C(=O)N[C@H](C[C@H](OC(C)=O)c1nc(C(=O)N[C@@H](Cc2ccccc2)C[C@H](C)C(=O)O)cs1)C(C)C. The molecule has 0 unspecified atom stereocenters. The fourth-order valence-corrected chi connectivity index (χ4v) is 7.02. The summed E-state index contributed by atoms with van der Waals surface area (Å²) >= 11 is 1.17. The van der Waals surface area contributed by atoms with Crippen LogP contribution in [0.25, 0.3) is 0 Å². The van der Waals surface area contributed by atoms with Crippen LogP contribution in [0.2, 0.25) is 0 Å². The largest absolute Gasteiger partial charge is 0.481 e. The van der Waals surface area contributed by atoms with E-state index in [4.69, 9.17) is 4.74 Å². The minimum Gasteiger partial charge on any atom is -0.481 e. The van der Waals surface area contributed by atoms with Crippen LogP contribution in [0.15, 0.2) is 35.7 Å². The van der Waals surface area contributed by atoms with Crippen LogP contribution in [0.5, 0.6) is 0 Å². The van der Waals surface area contributed by atoms with Crippen LogP contribution < -0.4 is 16.0 Å². The average molecular weight is 714 g/mol. The fourth-order valence-electron chi connectivity index (χ4n) is 6.18. The molecule has 50 heavy (non-hydrogen) atoms. The van der Waals surface area contributed by atoms with Gasteiger partial charge in [0, 0.05) is 30.8 Å². The lowest BCUT2D eigenvalue weighted by Crippen LogP contribution is -2.57. The Morgan fingerprint density at radius 3 is 2.32 bits per heavy atom. The Balaban J connectivity index is 1.76. The number of thiazole rings is 1. The summed E-state index contributed by atoms with van der Waals surface area (Å²) in [5.74, 6) is -3.24. The number of rotatable bonds is 18. The molecule has 1 saturated heterocycles. The Morgan fingerprint density at radius 1 is 1.02 bits per heavy atom. The standard InChI is InChI=1S/C37H55N5O7S/c1-8-23(4)32(41-34(45)30-16-12-13-17-42(30)7)35(46)39-28(22(2)3)20-31(49-25(6)43)36-40-29(21-50-36)33(44)38-27(18-24(5)37(47)48)19-26-14-10-9-11-15-26/h9-11,14-15,21-24,27-28,30-32H,8,12-13,16-20H2,1-7H3,(H,38,44)(H,39,46)(H,41,45)(H,47,48)/t23-,24-,27+,28+,30+,31-,32-/m0/s1.